The fourth-order valence-corrected chi connectivity index (χ4v) is 3.26. The van der Waals surface area contributed by atoms with E-state index in [9.17, 15) is 0 Å². The monoisotopic (exact) mass is 252 g/mol. The first kappa shape index (κ1) is 14.3. The number of nitrogens with one attached hydrogen (secondary N) is 1. The van der Waals surface area contributed by atoms with Gasteiger partial charge in [-0.05, 0) is 43.6 Å². The molecule has 2 rings (SSSR count). The predicted octanol–water partition coefficient (Wildman–Crippen LogP) is 3.13. The summed E-state index contributed by atoms with van der Waals surface area (Å²) >= 11 is 0. The lowest BCUT2D eigenvalue weighted by Gasteiger charge is -2.46. The maximum atomic E-state index is 3.80. The van der Waals surface area contributed by atoms with E-state index in [-0.39, 0.29) is 0 Å². The molecule has 1 aliphatic carbocycles. The van der Waals surface area contributed by atoms with Gasteiger partial charge in [0, 0.05) is 25.2 Å². The van der Waals surface area contributed by atoms with Gasteiger partial charge in [-0.15, -0.1) is 0 Å². The summed E-state index contributed by atoms with van der Waals surface area (Å²) in [6.07, 6.45) is 5.73. The summed E-state index contributed by atoms with van der Waals surface area (Å²) in [5.41, 5.74) is 0. The number of rotatable bonds is 5. The van der Waals surface area contributed by atoms with E-state index in [1.165, 1.54) is 45.3 Å². The largest absolute Gasteiger partial charge is 0.312 e. The van der Waals surface area contributed by atoms with Crippen LogP contribution in [0.1, 0.15) is 53.4 Å². The number of nitrogens with zero attached hydrogens (tertiary/aromatic N) is 1. The molecular formula is C16H32N2. The second-order valence-corrected chi connectivity index (χ2v) is 7.28. The second-order valence-electron chi connectivity index (χ2n) is 7.28. The van der Waals surface area contributed by atoms with Crippen LogP contribution in [0.3, 0.4) is 0 Å². The van der Waals surface area contributed by atoms with Crippen molar-refractivity contribution in [2.24, 2.45) is 17.8 Å². The van der Waals surface area contributed by atoms with Crippen molar-refractivity contribution in [1.82, 2.24) is 10.2 Å². The Morgan fingerprint density at radius 2 is 1.83 bits per heavy atom. The summed E-state index contributed by atoms with van der Waals surface area (Å²) in [6.45, 7) is 13.2. The molecular weight excluding hydrogens is 220 g/mol. The lowest BCUT2D eigenvalue weighted by molar-refractivity contribution is 0.0446. The first-order chi connectivity index (χ1) is 8.56. The molecule has 0 amide bonds. The third kappa shape index (κ3) is 3.71. The van der Waals surface area contributed by atoms with Gasteiger partial charge < -0.3 is 5.32 Å². The maximum Gasteiger partial charge on any atom is 0.0198 e. The molecule has 0 bridgehead atoms. The van der Waals surface area contributed by atoms with Crippen molar-refractivity contribution in [3.8, 4) is 0 Å². The average molecular weight is 252 g/mol. The molecule has 0 aromatic heterocycles. The van der Waals surface area contributed by atoms with E-state index in [0.29, 0.717) is 0 Å². The molecule has 0 aromatic carbocycles. The van der Waals surface area contributed by atoms with Crippen molar-refractivity contribution in [3.05, 3.63) is 0 Å². The smallest absolute Gasteiger partial charge is 0.0198 e. The Hall–Kier alpha value is -0.0800. The van der Waals surface area contributed by atoms with Crippen molar-refractivity contribution >= 4 is 0 Å². The molecule has 2 nitrogen and oxygen atoms in total. The second kappa shape index (κ2) is 6.38. The molecule has 1 aliphatic heterocycles. The quantitative estimate of drug-likeness (QED) is 0.809. The first-order valence-corrected chi connectivity index (χ1v) is 8.03. The van der Waals surface area contributed by atoms with E-state index >= 15 is 0 Å². The predicted molar refractivity (Wildman–Crippen MR) is 78.8 cm³/mol. The third-order valence-electron chi connectivity index (χ3n) is 4.86. The van der Waals surface area contributed by atoms with Gasteiger partial charge in [0.2, 0.25) is 0 Å². The van der Waals surface area contributed by atoms with Crippen LogP contribution in [0.15, 0.2) is 0 Å². The molecule has 2 heteroatoms. The van der Waals surface area contributed by atoms with Gasteiger partial charge >= 0.3 is 0 Å². The van der Waals surface area contributed by atoms with Gasteiger partial charge in [-0.1, -0.05) is 34.1 Å². The molecule has 18 heavy (non-hydrogen) atoms. The van der Waals surface area contributed by atoms with Crippen LogP contribution in [-0.4, -0.2) is 36.6 Å². The van der Waals surface area contributed by atoms with Gasteiger partial charge in [0.05, 0.1) is 0 Å². The van der Waals surface area contributed by atoms with Gasteiger partial charge in [-0.25, -0.2) is 0 Å². The normalized spacial score (nSPS) is 31.0. The molecule has 2 fully saturated rings. The molecule has 0 spiro atoms. The summed E-state index contributed by atoms with van der Waals surface area (Å²) in [5.74, 6) is 2.49. The van der Waals surface area contributed by atoms with Crippen LogP contribution in [0.5, 0.6) is 0 Å². The topological polar surface area (TPSA) is 15.3 Å². The van der Waals surface area contributed by atoms with Gasteiger partial charge in [0.25, 0.3) is 0 Å². The van der Waals surface area contributed by atoms with Crippen molar-refractivity contribution < 1.29 is 0 Å². The van der Waals surface area contributed by atoms with Crippen molar-refractivity contribution in [1.29, 1.82) is 0 Å². The standard InChI is InChI=1S/C16H32N2/c1-12(2)9-17-15-8-14(13(3)4)10-18(11-15)16-6-5-7-16/h12-17H,5-11H2,1-4H3. The van der Waals surface area contributed by atoms with E-state index in [1.54, 1.807) is 0 Å². The summed E-state index contributed by atoms with van der Waals surface area (Å²) in [7, 11) is 0. The summed E-state index contributed by atoms with van der Waals surface area (Å²) in [4.78, 5) is 2.79. The fraction of sp³-hybridized carbons (Fsp3) is 1.00. The lowest BCUT2D eigenvalue weighted by Crippen LogP contribution is -2.55. The highest BCUT2D eigenvalue weighted by Crippen LogP contribution is 2.31. The Morgan fingerprint density at radius 1 is 1.11 bits per heavy atom. The van der Waals surface area contributed by atoms with Crippen LogP contribution in [0.2, 0.25) is 0 Å². The highest BCUT2D eigenvalue weighted by atomic mass is 15.2. The maximum absolute atomic E-state index is 3.80. The molecule has 1 saturated carbocycles. The first-order valence-electron chi connectivity index (χ1n) is 8.03. The van der Waals surface area contributed by atoms with Crippen LogP contribution < -0.4 is 5.32 Å². The minimum atomic E-state index is 0.731. The molecule has 1 saturated heterocycles. The van der Waals surface area contributed by atoms with Gasteiger partial charge in [-0.2, -0.15) is 0 Å². The van der Waals surface area contributed by atoms with E-state index in [0.717, 1.165) is 29.8 Å². The van der Waals surface area contributed by atoms with Crippen molar-refractivity contribution in [3.63, 3.8) is 0 Å². The van der Waals surface area contributed by atoms with E-state index < -0.39 is 0 Å². The summed E-state index contributed by atoms with van der Waals surface area (Å²) < 4.78 is 0. The minimum absolute atomic E-state index is 0.731. The van der Waals surface area contributed by atoms with Gasteiger partial charge in [0.15, 0.2) is 0 Å². The molecule has 2 atom stereocenters. The zero-order valence-corrected chi connectivity index (χ0v) is 12.8. The van der Waals surface area contributed by atoms with Crippen LogP contribution in [-0.2, 0) is 0 Å². The van der Waals surface area contributed by atoms with Gasteiger partial charge in [-0.3, -0.25) is 4.90 Å². The molecule has 2 unspecified atom stereocenters. The zero-order chi connectivity index (χ0) is 13.1. The highest BCUT2D eigenvalue weighted by Gasteiger charge is 2.34. The summed E-state index contributed by atoms with van der Waals surface area (Å²) in [6, 6.07) is 1.64. The van der Waals surface area contributed by atoms with Crippen LogP contribution >= 0.6 is 0 Å². The molecule has 106 valence electrons. The Balaban J connectivity index is 1.88. The number of likely N-dealkylation sites (tertiary alicyclic amines) is 1. The van der Waals surface area contributed by atoms with Crippen molar-refractivity contribution in [2.45, 2.75) is 65.5 Å². The molecule has 1 N–H and O–H groups in total. The number of piperidine rings is 1. The van der Waals surface area contributed by atoms with E-state index in [4.69, 9.17) is 0 Å². The SMILES string of the molecule is CC(C)CNC1CC(C(C)C)CN(C2CCC2)C1. The lowest BCUT2D eigenvalue weighted by atomic mass is 9.82. The van der Waals surface area contributed by atoms with E-state index in [2.05, 4.69) is 37.9 Å². The number of hydrogen-bond donors (Lipinski definition) is 1. The Labute approximate surface area is 114 Å². The van der Waals surface area contributed by atoms with Crippen molar-refractivity contribution in [2.75, 3.05) is 19.6 Å². The Bertz CT molecular complexity index is 245. The minimum Gasteiger partial charge on any atom is -0.312 e. The van der Waals surface area contributed by atoms with Crippen LogP contribution in [0.4, 0.5) is 0 Å². The molecule has 0 radical (unpaired) electrons. The third-order valence-corrected chi connectivity index (χ3v) is 4.86. The van der Waals surface area contributed by atoms with Crippen LogP contribution in [0.25, 0.3) is 0 Å². The zero-order valence-electron chi connectivity index (χ0n) is 12.8. The highest BCUT2D eigenvalue weighted by molar-refractivity contribution is 4.90. The summed E-state index contributed by atoms with van der Waals surface area (Å²) in [5, 5.41) is 3.80. The number of hydrogen-bond acceptors (Lipinski definition) is 2. The van der Waals surface area contributed by atoms with Gasteiger partial charge in [0.1, 0.15) is 0 Å². The average Bonchev–Trinajstić information content (AvgIpc) is 2.23. The molecule has 1 heterocycles. The Kier molecular flexibility index (Phi) is 5.08. The molecule has 0 aromatic rings. The molecule has 2 aliphatic rings. The van der Waals surface area contributed by atoms with E-state index in [1.807, 2.05) is 0 Å². The fourth-order valence-electron chi connectivity index (χ4n) is 3.26. The van der Waals surface area contributed by atoms with Crippen LogP contribution in [0, 0.1) is 17.8 Å². The Morgan fingerprint density at radius 3 is 2.33 bits per heavy atom.